The van der Waals surface area contributed by atoms with Crippen molar-refractivity contribution in [3.05, 3.63) is 30.6 Å². The van der Waals surface area contributed by atoms with E-state index in [4.69, 9.17) is 4.74 Å². The van der Waals surface area contributed by atoms with Crippen molar-refractivity contribution in [1.82, 2.24) is 24.7 Å². The fourth-order valence-electron chi connectivity index (χ4n) is 2.40. The van der Waals surface area contributed by atoms with Gasteiger partial charge in [0.1, 0.15) is 11.6 Å². The Morgan fingerprint density at radius 2 is 2.26 bits per heavy atom. The first-order chi connectivity index (χ1) is 11.0. The van der Waals surface area contributed by atoms with Crippen LogP contribution in [0.2, 0.25) is 0 Å². The number of aryl methyl sites for hydroxylation is 1. The normalized spacial score (nSPS) is 22.0. The minimum Gasteiger partial charge on any atom is -0.379 e. The van der Waals surface area contributed by atoms with Crippen LogP contribution in [-0.2, 0) is 14.8 Å². The molecule has 2 aromatic heterocycles. The van der Waals surface area contributed by atoms with E-state index in [2.05, 4.69) is 30.0 Å². The molecule has 23 heavy (non-hydrogen) atoms. The number of sulfonamides is 1. The number of hydrogen-bond donors (Lipinski definition) is 3. The van der Waals surface area contributed by atoms with E-state index >= 15 is 0 Å². The molecule has 1 fully saturated rings. The van der Waals surface area contributed by atoms with Crippen LogP contribution in [0.5, 0.6) is 0 Å². The van der Waals surface area contributed by atoms with E-state index in [0.717, 1.165) is 0 Å². The lowest BCUT2D eigenvalue weighted by Gasteiger charge is -2.32. The Balaban J connectivity index is 1.74. The number of nitrogens with zero attached hydrogens (tertiary/aromatic N) is 3. The first-order valence-electron chi connectivity index (χ1n) is 7.19. The first kappa shape index (κ1) is 15.8. The third-order valence-corrected chi connectivity index (χ3v) is 4.95. The van der Waals surface area contributed by atoms with Gasteiger partial charge in [-0.3, -0.25) is 0 Å². The second-order valence-electron chi connectivity index (χ2n) is 5.25. The molecule has 1 aliphatic rings. The molecule has 0 saturated carbocycles. The number of hydrogen-bond acceptors (Lipinski definition) is 7. The number of imidazole rings is 1. The van der Waals surface area contributed by atoms with E-state index in [-0.39, 0.29) is 17.1 Å². The van der Waals surface area contributed by atoms with Crippen LogP contribution in [0.15, 0.2) is 29.8 Å². The molecule has 10 heteroatoms. The Morgan fingerprint density at radius 3 is 3.00 bits per heavy atom. The molecule has 1 saturated heterocycles. The van der Waals surface area contributed by atoms with Crippen molar-refractivity contribution in [3.63, 3.8) is 0 Å². The smallest absolute Gasteiger partial charge is 0.257 e. The molecule has 2 aromatic rings. The van der Waals surface area contributed by atoms with E-state index in [1.165, 1.54) is 12.5 Å². The summed E-state index contributed by atoms with van der Waals surface area (Å²) in [6.07, 6.45) is 4.82. The van der Waals surface area contributed by atoms with Crippen molar-refractivity contribution < 1.29 is 13.2 Å². The van der Waals surface area contributed by atoms with Crippen molar-refractivity contribution in [3.8, 4) is 0 Å². The third kappa shape index (κ3) is 3.84. The standard InChI is InChI=1S/C13H18N6O3S/c1-9-15-4-2-12(17-9)18-11-7-22-5-3-10(11)19-23(20,21)13-6-14-8-16-13/h2,4,6,8,10-11,19H,3,5,7H2,1H3,(H,14,16)(H,15,17,18)/t10-,11+/m0/s1. The predicted octanol–water partition coefficient (Wildman–Crippen LogP) is 0.0560. The molecule has 0 aliphatic carbocycles. The topological polar surface area (TPSA) is 122 Å². The number of aromatic nitrogens is 4. The van der Waals surface area contributed by atoms with Crippen molar-refractivity contribution in [1.29, 1.82) is 0 Å². The van der Waals surface area contributed by atoms with Crippen molar-refractivity contribution in [2.24, 2.45) is 0 Å². The SMILES string of the molecule is Cc1nccc(N[C@@H]2COCC[C@@H]2NS(=O)(=O)c2cnc[nH]2)n1. The van der Waals surface area contributed by atoms with Gasteiger partial charge in [-0.1, -0.05) is 0 Å². The van der Waals surface area contributed by atoms with Crippen LogP contribution in [-0.4, -0.2) is 53.7 Å². The fraction of sp³-hybridized carbons (Fsp3) is 0.462. The van der Waals surface area contributed by atoms with Gasteiger partial charge in [0.05, 0.1) is 25.2 Å². The zero-order valence-electron chi connectivity index (χ0n) is 12.6. The highest BCUT2D eigenvalue weighted by atomic mass is 32.2. The van der Waals surface area contributed by atoms with Crippen LogP contribution < -0.4 is 10.0 Å². The summed E-state index contributed by atoms with van der Waals surface area (Å²) in [5.74, 6) is 1.28. The van der Waals surface area contributed by atoms with E-state index < -0.39 is 10.0 Å². The lowest BCUT2D eigenvalue weighted by atomic mass is 10.1. The molecule has 0 bridgehead atoms. The monoisotopic (exact) mass is 338 g/mol. The maximum absolute atomic E-state index is 12.3. The van der Waals surface area contributed by atoms with E-state index in [0.29, 0.717) is 31.3 Å². The Labute approximate surface area is 134 Å². The van der Waals surface area contributed by atoms with Crippen LogP contribution in [0.25, 0.3) is 0 Å². The molecular formula is C13H18N6O3S. The van der Waals surface area contributed by atoms with Gasteiger partial charge < -0.3 is 15.0 Å². The average molecular weight is 338 g/mol. The highest BCUT2D eigenvalue weighted by molar-refractivity contribution is 7.89. The highest BCUT2D eigenvalue weighted by Gasteiger charge is 2.31. The molecule has 0 radical (unpaired) electrons. The summed E-state index contributed by atoms with van der Waals surface area (Å²) in [5, 5.41) is 3.25. The van der Waals surface area contributed by atoms with Crippen molar-refractivity contribution in [2.45, 2.75) is 30.5 Å². The van der Waals surface area contributed by atoms with Crippen LogP contribution in [0, 0.1) is 6.92 Å². The van der Waals surface area contributed by atoms with Gasteiger partial charge in [0.2, 0.25) is 0 Å². The summed E-state index contributed by atoms with van der Waals surface area (Å²) in [4.78, 5) is 14.7. The molecule has 9 nitrogen and oxygen atoms in total. The van der Waals surface area contributed by atoms with Gasteiger partial charge in [0.25, 0.3) is 10.0 Å². The second kappa shape index (κ2) is 6.60. The Kier molecular flexibility index (Phi) is 4.55. The number of H-pyrrole nitrogens is 1. The molecular weight excluding hydrogens is 320 g/mol. The minimum absolute atomic E-state index is 0.0422. The summed E-state index contributed by atoms with van der Waals surface area (Å²) >= 11 is 0. The quantitative estimate of drug-likeness (QED) is 0.704. The fourth-order valence-corrected chi connectivity index (χ4v) is 3.62. The second-order valence-corrected chi connectivity index (χ2v) is 6.93. The van der Waals surface area contributed by atoms with Gasteiger partial charge in [-0.2, -0.15) is 0 Å². The molecule has 1 aliphatic heterocycles. The molecule has 124 valence electrons. The summed E-state index contributed by atoms with van der Waals surface area (Å²) in [7, 11) is -3.65. The zero-order chi connectivity index (χ0) is 16.3. The lowest BCUT2D eigenvalue weighted by molar-refractivity contribution is 0.0731. The molecule has 0 aromatic carbocycles. The summed E-state index contributed by atoms with van der Waals surface area (Å²) < 4.78 is 32.8. The van der Waals surface area contributed by atoms with Gasteiger partial charge in [-0.05, 0) is 19.4 Å². The summed E-state index contributed by atoms with van der Waals surface area (Å²) in [5.41, 5.74) is 0. The van der Waals surface area contributed by atoms with Gasteiger partial charge in [-0.15, -0.1) is 0 Å². The van der Waals surface area contributed by atoms with Crippen molar-refractivity contribution >= 4 is 15.8 Å². The van der Waals surface area contributed by atoms with E-state index in [9.17, 15) is 8.42 Å². The highest BCUT2D eigenvalue weighted by Crippen LogP contribution is 2.16. The number of rotatable bonds is 5. The average Bonchev–Trinajstić information content (AvgIpc) is 3.04. The lowest BCUT2D eigenvalue weighted by Crippen LogP contribution is -2.52. The third-order valence-electron chi connectivity index (χ3n) is 3.53. The molecule has 2 atom stereocenters. The Hall–Kier alpha value is -2.04. The number of anilines is 1. The molecule has 3 rings (SSSR count). The van der Waals surface area contributed by atoms with E-state index in [1.807, 2.05) is 0 Å². The van der Waals surface area contributed by atoms with E-state index in [1.54, 1.807) is 19.2 Å². The largest absolute Gasteiger partial charge is 0.379 e. The molecule has 0 amide bonds. The summed E-state index contributed by atoms with van der Waals surface area (Å²) in [6.45, 7) is 2.68. The zero-order valence-corrected chi connectivity index (χ0v) is 13.4. The van der Waals surface area contributed by atoms with Crippen LogP contribution in [0.1, 0.15) is 12.2 Å². The Bertz CT molecular complexity index is 749. The predicted molar refractivity (Wildman–Crippen MR) is 82.3 cm³/mol. The first-order valence-corrected chi connectivity index (χ1v) is 8.67. The van der Waals surface area contributed by atoms with Crippen LogP contribution in [0.3, 0.4) is 0 Å². The Morgan fingerprint density at radius 1 is 1.39 bits per heavy atom. The molecule has 3 heterocycles. The molecule has 0 unspecified atom stereocenters. The van der Waals surface area contributed by atoms with Crippen molar-refractivity contribution in [2.75, 3.05) is 18.5 Å². The maximum atomic E-state index is 12.3. The number of nitrogens with one attached hydrogen (secondary N) is 3. The number of aromatic amines is 1. The van der Waals surface area contributed by atoms with Crippen LogP contribution >= 0.6 is 0 Å². The van der Waals surface area contributed by atoms with Gasteiger partial charge in [-0.25, -0.2) is 28.1 Å². The molecule has 3 N–H and O–H groups in total. The minimum atomic E-state index is -3.65. The number of ether oxygens (including phenoxy) is 1. The van der Waals surface area contributed by atoms with Gasteiger partial charge >= 0.3 is 0 Å². The van der Waals surface area contributed by atoms with Gasteiger partial charge in [0, 0.05) is 18.8 Å². The molecule has 0 spiro atoms. The van der Waals surface area contributed by atoms with Crippen LogP contribution in [0.4, 0.5) is 5.82 Å². The maximum Gasteiger partial charge on any atom is 0.257 e. The van der Waals surface area contributed by atoms with Gasteiger partial charge in [0.15, 0.2) is 5.03 Å². The summed E-state index contributed by atoms with van der Waals surface area (Å²) in [6, 6.07) is 1.20.